The number of carbonyl (C=O) groups excluding carboxylic acids is 1. The van der Waals surface area contributed by atoms with E-state index in [1.807, 2.05) is 42.3 Å². The minimum atomic E-state index is -5.08. The molecule has 0 aromatic heterocycles. The lowest BCUT2D eigenvalue weighted by Gasteiger charge is -2.23. The van der Waals surface area contributed by atoms with Crippen molar-refractivity contribution < 1.29 is 42.5 Å². The third kappa shape index (κ3) is 8.05. The number of methoxy groups -OCH3 is 1. The molecule has 0 aliphatic carbocycles. The smallest absolute Gasteiger partial charge is 0.490 e. The number of nitrogens with one attached hydrogen (secondary N) is 1. The fraction of sp³-hybridized carbons (Fsp3) is 0.160. The summed E-state index contributed by atoms with van der Waals surface area (Å²) in [5.41, 5.74) is 2.81. The van der Waals surface area contributed by atoms with Gasteiger partial charge in [-0.1, -0.05) is 30.3 Å². The standard InChI is InChI=1S/C23H22N2O4.C2HF3O2/c1-25(15-16-6-4-3-5-7-16)21-13-10-18(23(27)28)14-20(21)24-22(26)17-8-11-19(29-2)12-9-17;3-2(4,5)1(6)7/h3-14H,15H2,1-2H3,(H,24,26)(H,27,28);(H,6,7). The van der Waals surface area contributed by atoms with E-state index in [0.717, 1.165) is 11.3 Å². The number of carboxylic acid groups (broad SMARTS) is 2. The molecule has 3 N–H and O–H groups in total. The molecule has 1 amide bonds. The van der Waals surface area contributed by atoms with Gasteiger partial charge < -0.3 is 25.2 Å². The average Bonchev–Trinajstić information content (AvgIpc) is 2.84. The maximum atomic E-state index is 12.7. The van der Waals surface area contributed by atoms with Gasteiger partial charge in [0, 0.05) is 19.2 Å². The van der Waals surface area contributed by atoms with E-state index >= 15 is 0 Å². The van der Waals surface area contributed by atoms with Crippen LogP contribution in [0.15, 0.2) is 72.8 Å². The zero-order chi connectivity index (χ0) is 26.9. The Morgan fingerprint density at radius 3 is 1.97 bits per heavy atom. The fourth-order valence-corrected chi connectivity index (χ4v) is 2.98. The van der Waals surface area contributed by atoms with Crippen LogP contribution in [-0.4, -0.2) is 48.4 Å². The summed E-state index contributed by atoms with van der Waals surface area (Å²) < 4.78 is 36.8. The van der Waals surface area contributed by atoms with E-state index in [1.165, 1.54) is 12.1 Å². The molecule has 3 aromatic rings. The molecule has 3 rings (SSSR count). The second kappa shape index (κ2) is 12.2. The highest BCUT2D eigenvalue weighted by Gasteiger charge is 2.38. The molecule has 8 nitrogen and oxygen atoms in total. The number of nitrogens with zero attached hydrogens (tertiary/aromatic N) is 1. The summed E-state index contributed by atoms with van der Waals surface area (Å²) in [5.74, 6) is -3.49. The first-order chi connectivity index (χ1) is 16.9. The highest BCUT2D eigenvalue weighted by Crippen LogP contribution is 2.28. The Labute approximate surface area is 204 Å². The minimum Gasteiger partial charge on any atom is -0.497 e. The van der Waals surface area contributed by atoms with Crippen LogP contribution in [0.5, 0.6) is 5.75 Å². The molecule has 3 aromatic carbocycles. The number of anilines is 2. The number of benzene rings is 3. The lowest BCUT2D eigenvalue weighted by Crippen LogP contribution is -2.21. The summed E-state index contributed by atoms with van der Waals surface area (Å²) in [7, 11) is 3.45. The first-order valence-corrected chi connectivity index (χ1v) is 10.3. The molecule has 0 bridgehead atoms. The Bertz CT molecular complexity index is 1200. The van der Waals surface area contributed by atoms with Crippen LogP contribution in [0.2, 0.25) is 0 Å². The predicted octanol–water partition coefficient (Wildman–Crippen LogP) is 4.92. The first kappa shape index (κ1) is 27.7. The Morgan fingerprint density at radius 1 is 0.917 bits per heavy atom. The number of aromatic carboxylic acids is 1. The summed E-state index contributed by atoms with van der Waals surface area (Å²) in [6.07, 6.45) is -5.08. The monoisotopic (exact) mass is 504 g/mol. The summed E-state index contributed by atoms with van der Waals surface area (Å²) in [5, 5.41) is 19.3. The Morgan fingerprint density at radius 2 is 1.47 bits per heavy atom. The molecule has 11 heteroatoms. The Hall–Kier alpha value is -4.54. The summed E-state index contributed by atoms with van der Waals surface area (Å²) >= 11 is 0. The largest absolute Gasteiger partial charge is 0.497 e. The van der Waals surface area contributed by atoms with E-state index in [2.05, 4.69) is 5.32 Å². The second-order valence-electron chi connectivity index (χ2n) is 7.36. The number of ether oxygens (including phenoxy) is 1. The van der Waals surface area contributed by atoms with Gasteiger partial charge in [0.25, 0.3) is 5.91 Å². The second-order valence-corrected chi connectivity index (χ2v) is 7.36. The van der Waals surface area contributed by atoms with E-state index < -0.39 is 18.1 Å². The van der Waals surface area contributed by atoms with E-state index in [0.29, 0.717) is 23.5 Å². The third-order valence-corrected chi connectivity index (χ3v) is 4.76. The predicted molar refractivity (Wildman–Crippen MR) is 127 cm³/mol. The van der Waals surface area contributed by atoms with E-state index in [9.17, 15) is 27.9 Å². The van der Waals surface area contributed by atoms with Crippen LogP contribution in [0.3, 0.4) is 0 Å². The average molecular weight is 504 g/mol. The summed E-state index contributed by atoms with van der Waals surface area (Å²) in [6, 6.07) is 21.3. The molecular weight excluding hydrogens is 481 g/mol. The van der Waals surface area contributed by atoms with Crippen LogP contribution in [0.1, 0.15) is 26.3 Å². The number of carbonyl (C=O) groups is 3. The van der Waals surface area contributed by atoms with Crippen LogP contribution in [0, 0.1) is 0 Å². The number of hydrogen-bond acceptors (Lipinski definition) is 5. The van der Waals surface area contributed by atoms with Gasteiger partial charge in [0.1, 0.15) is 5.75 Å². The number of hydrogen-bond donors (Lipinski definition) is 3. The van der Waals surface area contributed by atoms with Crippen LogP contribution >= 0.6 is 0 Å². The lowest BCUT2D eigenvalue weighted by molar-refractivity contribution is -0.192. The van der Waals surface area contributed by atoms with Gasteiger partial charge >= 0.3 is 18.1 Å². The van der Waals surface area contributed by atoms with Crippen molar-refractivity contribution in [3.05, 3.63) is 89.5 Å². The first-order valence-electron chi connectivity index (χ1n) is 10.3. The van der Waals surface area contributed by atoms with E-state index in [1.54, 1.807) is 37.4 Å². The molecule has 190 valence electrons. The number of amides is 1. The van der Waals surface area contributed by atoms with Crippen LogP contribution in [0.4, 0.5) is 24.5 Å². The lowest BCUT2D eigenvalue weighted by atomic mass is 10.1. The van der Waals surface area contributed by atoms with Gasteiger partial charge in [-0.15, -0.1) is 0 Å². The fourth-order valence-electron chi connectivity index (χ4n) is 2.98. The SMILES string of the molecule is COc1ccc(C(=O)Nc2cc(C(=O)O)ccc2N(C)Cc2ccccc2)cc1.O=C(O)C(F)(F)F. The van der Waals surface area contributed by atoms with E-state index in [4.69, 9.17) is 14.6 Å². The van der Waals surface area contributed by atoms with Crippen molar-refractivity contribution >= 4 is 29.2 Å². The number of carboxylic acids is 2. The van der Waals surface area contributed by atoms with Gasteiger partial charge in [0.05, 0.1) is 24.0 Å². The third-order valence-electron chi connectivity index (χ3n) is 4.76. The maximum absolute atomic E-state index is 12.7. The molecule has 0 saturated carbocycles. The quantitative estimate of drug-likeness (QED) is 0.418. The number of halogens is 3. The molecule has 0 aliphatic rings. The van der Waals surface area contributed by atoms with Gasteiger partial charge in [-0.2, -0.15) is 13.2 Å². The van der Waals surface area contributed by atoms with Gasteiger partial charge in [-0.25, -0.2) is 9.59 Å². The molecule has 0 radical (unpaired) electrons. The van der Waals surface area contributed by atoms with Crippen molar-refractivity contribution in [3.63, 3.8) is 0 Å². The highest BCUT2D eigenvalue weighted by atomic mass is 19.4. The number of rotatable bonds is 7. The maximum Gasteiger partial charge on any atom is 0.490 e. The zero-order valence-electron chi connectivity index (χ0n) is 19.2. The van der Waals surface area contributed by atoms with Crippen molar-refractivity contribution in [3.8, 4) is 5.75 Å². The van der Waals surface area contributed by atoms with E-state index in [-0.39, 0.29) is 11.5 Å². The molecule has 0 saturated heterocycles. The molecule has 0 heterocycles. The molecule has 36 heavy (non-hydrogen) atoms. The summed E-state index contributed by atoms with van der Waals surface area (Å²) in [6.45, 7) is 0.610. The van der Waals surface area contributed by atoms with Gasteiger partial charge in [-0.05, 0) is 48.0 Å². The molecule has 0 fully saturated rings. The summed E-state index contributed by atoms with van der Waals surface area (Å²) in [4.78, 5) is 35.0. The Kier molecular flexibility index (Phi) is 9.42. The normalized spacial score (nSPS) is 10.5. The molecule has 0 unspecified atom stereocenters. The molecule has 0 atom stereocenters. The Balaban J connectivity index is 0.000000572. The van der Waals surface area contributed by atoms with Gasteiger partial charge in [-0.3, -0.25) is 4.79 Å². The highest BCUT2D eigenvalue weighted by molar-refractivity contribution is 6.06. The number of aliphatic carboxylic acids is 1. The topological polar surface area (TPSA) is 116 Å². The minimum absolute atomic E-state index is 0.104. The van der Waals surface area contributed by atoms with Crippen molar-refractivity contribution in [2.24, 2.45) is 0 Å². The van der Waals surface area contributed by atoms with Crippen molar-refractivity contribution in [1.29, 1.82) is 0 Å². The van der Waals surface area contributed by atoms with Gasteiger partial charge in [0.2, 0.25) is 0 Å². The van der Waals surface area contributed by atoms with Gasteiger partial charge in [0.15, 0.2) is 0 Å². The number of alkyl halides is 3. The van der Waals surface area contributed by atoms with Crippen LogP contribution in [0.25, 0.3) is 0 Å². The van der Waals surface area contributed by atoms with Crippen LogP contribution in [-0.2, 0) is 11.3 Å². The van der Waals surface area contributed by atoms with Crippen molar-refractivity contribution in [2.75, 3.05) is 24.4 Å². The molecule has 0 aliphatic heterocycles. The zero-order valence-corrected chi connectivity index (χ0v) is 19.2. The van der Waals surface area contributed by atoms with Crippen LogP contribution < -0.4 is 15.0 Å². The molecular formula is C25H23F3N2O6. The van der Waals surface area contributed by atoms with Crippen molar-refractivity contribution in [2.45, 2.75) is 12.7 Å². The van der Waals surface area contributed by atoms with Crippen molar-refractivity contribution in [1.82, 2.24) is 0 Å². The molecule has 0 spiro atoms.